The molecule has 1 aliphatic heterocycles. The smallest absolute Gasteiger partial charge is 0.328 e. The number of esters is 1. The fraction of sp³-hybridized carbons (Fsp3) is 0.600. The molecule has 1 saturated heterocycles. The number of benzene rings is 1. The minimum absolute atomic E-state index is 0.0570. The van der Waals surface area contributed by atoms with Crippen LogP contribution in [0.4, 0.5) is 4.39 Å². The van der Waals surface area contributed by atoms with Crippen LogP contribution in [0.3, 0.4) is 0 Å². The van der Waals surface area contributed by atoms with Crippen molar-refractivity contribution >= 4 is 28.9 Å². The Kier molecular flexibility index (Phi) is 14.9. The van der Waals surface area contributed by atoms with Crippen molar-refractivity contribution < 1.29 is 38.2 Å². The van der Waals surface area contributed by atoms with Gasteiger partial charge in [0, 0.05) is 48.4 Å². The number of hydrogen-bond acceptors (Lipinski definition) is 7. The van der Waals surface area contributed by atoms with Gasteiger partial charge in [0.25, 0.3) is 0 Å². The van der Waals surface area contributed by atoms with E-state index in [-0.39, 0.29) is 11.8 Å². The number of piperidine rings is 1. The van der Waals surface area contributed by atoms with Crippen LogP contribution in [0.5, 0.6) is 0 Å². The number of unbranched alkanes of at least 4 members (excludes halogenated alkanes) is 6. The lowest BCUT2D eigenvalue weighted by Gasteiger charge is -2.32. The highest BCUT2D eigenvalue weighted by Crippen LogP contribution is 2.33. The third-order valence-corrected chi connectivity index (χ3v) is 6.89. The maximum absolute atomic E-state index is 13.4. The Balaban J connectivity index is 0.000000611. The van der Waals surface area contributed by atoms with Crippen LogP contribution in [-0.2, 0) is 19.1 Å². The van der Waals surface area contributed by atoms with Gasteiger partial charge >= 0.3 is 17.9 Å². The van der Waals surface area contributed by atoms with Crippen LogP contribution >= 0.6 is 0 Å². The monoisotopic (exact) mass is 562 g/mol. The molecule has 2 N–H and O–H groups in total. The second-order valence-corrected chi connectivity index (χ2v) is 10.5. The minimum atomic E-state index is -1.26. The van der Waals surface area contributed by atoms with Crippen LogP contribution in [-0.4, -0.2) is 64.4 Å². The molecule has 1 aromatic carbocycles. The summed E-state index contributed by atoms with van der Waals surface area (Å²) in [5.74, 6) is -2.21. The van der Waals surface area contributed by atoms with E-state index in [2.05, 4.69) is 23.9 Å². The van der Waals surface area contributed by atoms with Gasteiger partial charge in [-0.1, -0.05) is 57.5 Å². The third kappa shape index (κ3) is 12.7. The number of rotatable bonds is 15. The molecule has 3 rings (SSSR count). The Bertz CT molecular complexity index is 1080. The lowest BCUT2D eigenvalue weighted by atomic mass is 9.91. The number of nitrogens with zero attached hydrogens (tertiary/aromatic N) is 2. The zero-order valence-electron chi connectivity index (χ0n) is 23.6. The van der Waals surface area contributed by atoms with Gasteiger partial charge in [-0.3, -0.25) is 4.79 Å². The van der Waals surface area contributed by atoms with Crippen LogP contribution in [0.25, 0.3) is 11.0 Å². The van der Waals surface area contributed by atoms with E-state index in [4.69, 9.17) is 19.5 Å². The molecule has 1 fully saturated rings. The van der Waals surface area contributed by atoms with Crippen molar-refractivity contribution in [2.24, 2.45) is 5.92 Å². The van der Waals surface area contributed by atoms with Crippen molar-refractivity contribution in [3.05, 3.63) is 41.9 Å². The van der Waals surface area contributed by atoms with Crippen LogP contribution < -0.4 is 0 Å². The molecule has 2 aromatic rings. The molecule has 0 bridgehead atoms. The number of hydrogen-bond donors (Lipinski definition) is 2. The fourth-order valence-electron chi connectivity index (χ4n) is 4.78. The van der Waals surface area contributed by atoms with Crippen molar-refractivity contribution in [1.82, 2.24) is 10.1 Å². The van der Waals surface area contributed by atoms with Gasteiger partial charge < -0.3 is 24.4 Å². The van der Waals surface area contributed by atoms with Crippen molar-refractivity contribution in [2.75, 3.05) is 26.2 Å². The Hall–Kier alpha value is -3.27. The molecular formula is C30H43FN2O7. The number of carboxylic acid groups (broad SMARTS) is 2. The number of likely N-dealkylation sites (tertiary alicyclic amines) is 1. The van der Waals surface area contributed by atoms with Crippen LogP contribution in [0.1, 0.15) is 89.7 Å². The van der Waals surface area contributed by atoms with E-state index in [0.29, 0.717) is 42.6 Å². The average molecular weight is 563 g/mol. The highest BCUT2D eigenvalue weighted by atomic mass is 19.1. The zero-order chi connectivity index (χ0) is 29.3. The van der Waals surface area contributed by atoms with Crippen LogP contribution in [0, 0.1) is 11.7 Å². The third-order valence-electron chi connectivity index (χ3n) is 6.89. The summed E-state index contributed by atoms with van der Waals surface area (Å²) in [6.07, 6.45) is 12.1. The second kappa shape index (κ2) is 18.1. The highest BCUT2D eigenvalue weighted by molar-refractivity contribution is 5.89. The predicted octanol–water partition coefficient (Wildman–Crippen LogP) is 6.18. The summed E-state index contributed by atoms with van der Waals surface area (Å²) in [7, 11) is 0. The Morgan fingerprint density at radius 1 is 1.07 bits per heavy atom. The van der Waals surface area contributed by atoms with Gasteiger partial charge in [0.15, 0.2) is 5.58 Å². The van der Waals surface area contributed by atoms with E-state index < -0.39 is 11.9 Å². The summed E-state index contributed by atoms with van der Waals surface area (Å²) < 4.78 is 24.2. The SMILES string of the molecule is CCCCCCCCCC(=O)OC[C@@H](C)CN1CCC(c2noc3cc(F)ccc23)CC1.O=C(O)/C=C/C(=O)O. The topological polar surface area (TPSA) is 130 Å². The summed E-state index contributed by atoms with van der Waals surface area (Å²) in [6.45, 7) is 7.76. The molecule has 0 aliphatic carbocycles. The normalized spacial score (nSPS) is 15.1. The molecule has 0 saturated carbocycles. The first-order chi connectivity index (χ1) is 19.2. The number of aromatic nitrogens is 1. The summed E-state index contributed by atoms with van der Waals surface area (Å²) in [4.78, 5) is 33.5. The maximum Gasteiger partial charge on any atom is 0.328 e. The molecule has 1 aliphatic rings. The van der Waals surface area contributed by atoms with Gasteiger partial charge in [-0.15, -0.1) is 0 Å². The number of ether oxygens (including phenoxy) is 1. The molecule has 1 aromatic heterocycles. The fourth-order valence-corrected chi connectivity index (χ4v) is 4.78. The lowest BCUT2D eigenvalue weighted by Crippen LogP contribution is -2.37. The molecule has 222 valence electrons. The van der Waals surface area contributed by atoms with E-state index in [1.807, 2.05) is 0 Å². The summed E-state index contributed by atoms with van der Waals surface area (Å²) >= 11 is 0. The zero-order valence-corrected chi connectivity index (χ0v) is 23.6. The molecule has 40 heavy (non-hydrogen) atoms. The van der Waals surface area contributed by atoms with Crippen molar-refractivity contribution in [2.45, 2.75) is 84.0 Å². The van der Waals surface area contributed by atoms with Gasteiger partial charge in [-0.2, -0.15) is 0 Å². The summed E-state index contributed by atoms with van der Waals surface area (Å²) in [5, 5.41) is 20.8. The first-order valence-corrected chi connectivity index (χ1v) is 14.3. The van der Waals surface area contributed by atoms with Gasteiger partial charge in [0.2, 0.25) is 0 Å². The molecule has 0 spiro atoms. The standard InChI is InChI=1S/C26H39FN2O3.C4H4O4/c1-3-4-5-6-7-8-9-10-25(30)31-19-20(2)18-29-15-13-21(14-16-29)26-23-12-11-22(27)17-24(23)32-28-26;5-3(6)1-2-4(7)8/h11-12,17,20-21H,3-10,13-16,18-19H2,1-2H3;1-2H,(H,5,6)(H,7,8)/b;2-1+/t20-;/m0./s1. The molecule has 1 atom stereocenters. The predicted molar refractivity (Wildman–Crippen MR) is 150 cm³/mol. The van der Waals surface area contributed by atoms with Gasteiger partial charge in [0.1, 0.15) is 5.82 Å². The van der Waals surface area contributed by atoms with E-state index in [9.17, 15) is 18.8 Å². The minimum Gasteiger partial charge on any atom is -0.478 e. The molecule has 0 radical (unpaired) electrons. The number of carboxylic acids is 2. The van der Waals surface area contributed by atoms with E-state index in [0.717, 1.165) is 56.4 Å². The van der Waals surface area contributed by atoms with Crippen molar-refractivity contribution in [3.63, 3.8) is 0 Å². The maximum atomic E-state index is 13.4. The molecule has 9 nitrogen and oxygen atoms in total. The molecule has 10 heteroatoms. The average Bonchev–Trinajstić information content (AvgIpc) is 3.34. The number of carbonyl (C=O) groups is 3. The van der Waals surface area contributed by atoms with E-state index in [1.165, 1.54) is 44.2 Å². The lowest BCUT2D eigenvalue weighted by molar-refractivity contribution is -0.145. The molecule has 2 heterocycles. The first kappa shape index (κ1) is 32.9. The Morgan fingerprint density at radius 3 is 2.33 bits per heavy atom. The van der Waals surface area contributed by atoms with Crippen molar-refractivity contribution in [3.8, 4) is 0 Å². The Labute approximate surface area is 235 Å². The Morgan fingerprint density at radius 2 is 1.70 bits per heavy atom. The second-order valence-electron chi connectivity index (χ2n) is 10.5. The summed E-state index contributed by atoms with van der Waals surface area (Å²) in [6, 6.07) is 4.64. The molecular weight excluding hydrogens is 519 g/mol. The number of carbonyl (C=O) groups excluding carboxylic acids is 1. The highest BCUT2D eigenvalue weighted by Gasteiger charge is 2.26. The largest absolute Gasteiger partial charge is 0.478 e. The first-order valence-electron chi connectivity index (χ1n) is 14.3. The number of fused-ring (bicyclic) bond motifs is 1. The van der Waals surface area contributed by atoms with E-state index >= 15 is 0 Å². The van der Waals surface area contributed by atoms with Crippen LogP contribution in [0.2, 0.25) is 0 Å². The van der Waals surface area contributed by atoms with Crippen molar-refractivity contribution in [1.29, 1.82) is 0 Å². The van der Waals surface area contributed by atoms with Crippen LogP contribution in [0.15, 0.2) is 34.9 Å². The number of halogens is 1. The quantitative estimate of drug-likeness (QED) is 0.148. The summed E-state index contributed by atoms with van der Waals surface area (Å²) in [5.41, 5.74) is 1.47. The number of aliphatic carboxylic acids is 2. The molecule has 0 amide bonds. The molecule has 0 unspecified atom stereocenters. The van der Waals surface area contributed by atoms with E-state index in [1.54, 1.807) is 6.07 Å². The van der Waals surface area contributed by atoms with Gasteiger partial charge in [-0.25, -0.2) is 14.0 Å². The van der Waals surface area contributed by atoms with Gasteiger partial charge in [-0.05, 0) is 44.5 Å². The van der Waals surface area contributed by atoms with Gasteiger partial charge in [0.05, 0.1) is 12.3 Å².